The van der Waals surface area contributed by atoms with Crippen LogP contribution < -0.4 is 4.74 Å². The van der Waals surface area contributed by atoms with E-state index in [1.54, 1.807) is 19.2 Å². The van der Waals surface area contributed by atoms with Crippen LogP contribution in [-0.4, -0.2) is 24.5 Å². The Balaban J connectivity index is 1.74. The second kappa shape index (κ2) is 6.82. The highest BCUT2D eigenvalue weighted by atomic mass is 19.1. The minimum atomic E-state index is -0.249. The van der Waals surface area contributed by atoms with Gasteiger partial charge in [0, 0.05) is 6.54 Å². The monoisotopic (exact) mass is 313 g/mol. The lowest BCUT2D eigenvalue weighted by Gasteiger charge is -2.25. The Labute approximate surface area is 135 Å². The van der Waals surface area contributed by atoms with Gasteiger partial charge in [-0.3, -0.25) is 4.79 Å². The van der Waals surface area contributed by atoms with Crippen LogP contribution >= 0.6 is 0 Å². The van der Waals surface area contributed by atoms with E-state index >= 15 is 0 Å². The van der Waals surface area contributed by atoms with Gasteiger partial charge in [-0.2, -0.15) is 0 Å². The Kier molecular flexibility index (Phi) is 4.60. The first-order chi connectivity index (χ1) is 11.2. The third-order valence-corrected chi connectivity index (χ3v) is 4.32. The van der Waals surface area contributed by atoms with Crippen molar-refractivity contribution >= 4 is 5.91 Å². The van der Waals surface area contributed by atoms with E-state index in [0.717, 1.165) is 36.3 Å². The average Bonchev–Trinajstić information content (AvgIpc) is 3.05. The van der Waals surface area contributed by atoms with E-state index in [1.807, 2.05) is 29.2 Å². The van der Waals surface area contributed by atoms with Gasteiger partial charge < -0.3 is 9.64 Å². The molecular formula is C19H20FNO2. The van der Waals surface area contributed by atoms with Gasteiger partial charge in [-0.05, 0) is 48.2 Å². The van der Waals surface area contributed by atoms with Gasteiger partial charge in [0.25, 0.3) is 0 Å². The quantitative estimate of drug-likeness (QED) is 0.860. The number of halogens is 1. The standard InChI is InChI=1S/C19H20FNO2/c1-23-17-5-2-4-14(12-17)13-19(22)21-11-3-6-18(21)15-7-9-16(20)10-8-15/h2,4-5,7-10,12,18H,3,6,11,13H2,1H3. The summed E-state index contributed by atoms with van der Waals surface area (Å²) in [6.07, 6.45) is 2.26. The summed E-state index contributed by atoms with van der Waals surface area (Å²) in [5.41, 5.74) is 1.95. The molecule has 23 heavy (non-hydrogen) atoms. The number of carbonyl (C=O) groups excluding carboxylic acids is 1. The van der Waals surface area contributed by atoms with Gasteiger partial charge in [-0.1, -0.05) is 24.3 Å². The molecule has 3 nitrogen and oxygen atoms in total. The van der Waals surface area contributed by atoms with Crippen molar-refractivity contribution in [2.45, 2.75) is 25.3 Å². The third kappa shape index (κ3) is 3.52. The molecule has 0 aromatic heterocycles. The Morgan fingerprint density at radius 3 is 2.78 bits per heavy atom. The fourth-order valence-electron chi connectivity index (χ4n) is 3.16. The van der Waals surface area contributed by atoms with Crippen LogP contribution in [0.25, 0.3) is 0 Å². The van der Waals surface area contributed by atoms with Crippen molar-refractivity contribution in [1.82, 2.24) is 4.90 Å². The molecule has 0 spiro atoms. The van der Waals surface area contributed by atoms with Crippen molar-refractivity contribution in [2.24, 2.45) is 0 Å². The molecule has 4 heteroatoms. The largest absolute Gasteiger partial charge is 0.497 e. The number of amides is 1. The maximum absolute atomic E-state index is 13.1. The SMILES string of the molecule is COc1cccc(CC(=O)N2CCCC2c2ccc(F)cc2)c1. The molecular weight excluding hydrogens is 293 g/mol. The summed E-state index contributed by atoms with van der Waals surface area (Å²) in [4.78, 5) is 14.6. The first-order valence-corrected chi connectivity index (χ1v) is 7.85. The summed E-state index contributed by atoms with van der Waals surface area (Å²) < 4.78 is 18.3. The Morgan fingerprint density at radius 1 is 1.26 bits per heavy atom. The summed E-state index contributed by atoms with van der Waals surface area (Å²) in [6.45, 7) is 0.755. The molecule has 1 saturated heterocycles. The van der Waals surface area contributed by atoms with Crippen molar-refractivity contribution in [3.05, 3.63) is 65.5 Å². The van der Waals surface area contributed by atoms with Crippen molar-refractivity contribution in [1.29, 1.82) is 0 Å². The van der Waals surface area contributed by atoms with Crippen LogP contribution in [0.3, 0.4) is 0 Å². The third-order valence-electron chi connectivity index (χ3n) is 4.32. The number of ether oxygens (including phenoxy) is 1. The number of rotatable bonds is 4. The van der Waals surface area contributed by atoms with Gasteiger partial charge in [-0.15, -0.1) is 0 Å². The van der Waals surface area contributed by atoms with E-state index in [4.69, 9.17) is 4.74 Å². The van der Waals surface area contributed by atoms with Gasteiger partial charge in [0.15, 0.2) is 0 Å². The average molecular weight is 313 g/mol. The number of hydrogen-bond acceptors (Lipinski definition) is 2. The molecule has 2 aromatic rings. The molecule has 0 saturated carbocycles. The molecule has 1 fully saturated rings. The van der Waals surface area contributed by atoms with E-state index in [2.05, 4.69) is 0 Å². The number of carbonyl (C=O) groups is 1. The molecule has 1 unspecified atom stereocenters. The van der Waals surface area contributed by atoms with Crippen LogP contribution in [0.15, 0.2) is 48.5 Å². The molecule has 1 amide bonds. The maximum atomic E-state index is 13.1. The lowest BCUT2D eigenvalue weighted by atomic mass is 10.0. The molecule has 0 N–H and O–H groups in total. The van der Waals surface area contributed by atoms with Crippen LogP contribution in [0.4, 0.5) is 4.39 Å². The fraction of sp³-hybridized carbons (Fsp3) is 0.316. The van der Waals surface area contributed by atoms with Crippen LogP contribution in [0.5, 0.6) is 5.75 Å². The fourth-order valence-corrected chi connectivity index (χ4v) is 3.16. The number of likely N-dealkylation sites (tertiary alicyclic amines) is 1. The highest BCUT2D eigenvalue weighted by molar-refractivity contribution is 5.79. The molecule has 1 aliphatic rings. The Bertz CT molecular complexity index is 684. The summed E-state index contributed by atoms with van der Waals surface area (Å²) >= 11 is 0. The Hall–Kier alpha value is -2.36. The minimum absolute atomic E-state index is 0.0497. The maximum Gasteiger partial charge on any atom is 0.227 e. The molecule has 0 aliphatic carbocycles. The summed E-state index contributed by atoms with van der Waals surface area (Å²) in [7, 11) is 1.62. The highest BCUT2D eigenvalue weighted by Gasteiger charge is 2.29. The van der Waals surface area contributed by atoms with E-state index in [1.165, 1.54) is 12.1 Å². The van der Waals surface area contributed by atoms with Crippen LogP contribution in [-0.2, 0) is 11.2 Å². The van der Waals surface area contributed by atoms with E-state index < -0.39 is 0 Å². The topological polar surface area (TPSA) is 29.5 Å². The second-order valence-corrected chi connectivity index (χ2v) is 5.83. The smallest absolute Gasteiger partial charge is 0.227 e. The molecule has 0 bridgehead atoms. The first-order valence-electron chi connectivity index (χ1n) is 7.85. The lowest BCUT2D eigenvalue weighted by molar-refractivity contribution is -0.131. The second-order valence-electron chi connectivity index (χ2n) is 5.83. The van der Waals surface area contributed by atoms with E-state index in [-0.39, 0.29) is 17.8 Å². The number of methoxy groups -OCH3 is 1. The summed E-state index contributed by atoms with van der Waals surface area (Å²) in [6, 6.07) is 14.1. The molecule has 0 radical (unpaired) electrons. The summed E-state index contributed by atoms with van der Waals surface area (Å²) in [5.74, 6) is 0.609. The zero-order chi connectivity index (χ0) is 16.2. The zero-order valence-electron chi connectivity index (χ0n) is 13.2. The number of hydrogen-bond donors (Lipinski definition) is 0. The van der Waals surface area contributed by atoms with Crippen LogP contribution in [0.2, 0.25) is 0 Å². The zero-order valence-corrected chi connectivity index (χ0v) is 13.2. The molecule has 1 atom stereocenters. The van der Waals surface area contributed by atoms with Crippen molar-refractivity contribution < 1.29 is 13.9 Å². The van der Waals surface area contributed by atoms with Crippen molar-refractivity contribution in [3.63, 3.8) is 0 Å². The van der Waals surface area contributed by atoms with Crippen molar-refractivity contribution in [3.8, 4) is 5.75 Å². The van der Waals surface area contributed by atoms with Crippen LogP contribution in [0, 0.1) is 5.82 Å². The molecule has 120 valence electrons. The Morgan fingerprint density at radius 2 is 2.04 bits per heavy atom. The molecule has 2 aromatic carbocycles. The van der Waals surface area contributed by atoms with Crippen molar-refractivity contribution in [2.75, 3.05) is 13.7 Å². The van der Waals surface area contributed by atoms with Crippen LogP contribution in [0.1, 0.15) is 30.0 Å². The first kappa shape index (κ1) is 15.5. The molecule has 1 heterocycles. The van der Waals surface area contributed by atoms with Gasteiger partial charge in [0.2, 0.25) is 5.91 Å². The normalized spacial score (nSPS) is 17.3. The highest BCUT2D eigenvalue weighted by Crippen LogP contribution is 2.32. The van der Waals surface area contributed by atoms with Gasteiger partial charge in [-0.25, -0.2) is 4.39 Å². The predicted molar refractivity (Wildman–Crippen MR) is 86.8 cm³/mol. The summed E-state index contributed by atoms with van der Waals surface area (Å²) in [5, 5.41) is 0. The van der Waals surface area contributed by atoms with Gasteiger partial charge >= 0.3 is 0 Å². The molecule has 3 rings (SSSR count). The lowest BCUT2D eigenvalue weighted by Crippen LogP contribution is -2.31. The number of nitrogens with zero attached hydrogens (tertiary/aromatic N) is 1. The van der Waals surface area contributed by atoms with E-state index in [9.17, 15) is 9.18 Å². The number of benzene rings is 2. The van der Waals surface area contributed by atoms with Gasteiger partial charge in [0.05, 0.1) is 19.6 Å². The van der Waals surface area contributed by atoms with E-state index in [0.29, 0.717) is 6.42 Å². The van der Waals surface area contributed by atoms with Gasteiger partial charge in [0.1, 0.15) is 11.6 Å². The predicted octanol–water partition coefficient (Wildman–Crippen LogP) is 3.74. The molecule has 1 aliphatic heterocycles. The minimum Gasteiger partial charge on any atom is -0.497 e.